The van der Waals surface area contributed by atoms with Gasteiger partial charge in [0.15, 0.2) is 0 Å². The van der Waals surface area contributed by atoms with Gasteiger partial charge >= 0.3 is 0 Å². The summed E-state index contributed by atoms with van der Waals surface area (Å²) in [6, 6.07) is 0. The molecule has 0 aromatic rings. The fraction of sp³-hybridized carbons (Fsp3) is 0.667. The Balaban J connectivity index is 4.22. The summed E-state index contributed by atoms with van der Waals surface area (Å²) < 4.78 is 38.8. The van der Waals surface area contributed by atoms with E-state index in [1.807, 2.05) is 0 Å². The van der Waals surface area contributed by atoms with Crippen molar-refractivity contribution < 1.29 is 17.9 Å². The van der Waals surface area contributed by atoms with Crippen molar-refractivity contribution >= 4 is 7.37 Å². The van der Waals surface area contributed by atoms with Crippen LogP contribution >= 0.6 is 7.37 Å². The maximum absolute atomic E-state index is 11.7. The first-order valence-electron chi connectivity index (χ1n) is 3.11. The molecule has 0 radical (unpaired) electrons. The van der Waals surface area contributed by atoms with Crippen molar-refractivity contribution in [3.05, 3.63) is 0 Å². The third-order valence-corrected chi connectivity index (χ3v) is 2.79. The Hall–Kier alpha value is -0.390. The fourth-order valence-corrected chi connectivity index (χ4v) is 1.61. The lowest BCUT2D eigenvalue weighted by molar-refractivity contribution is 0.337. The number of alkyl halides is 1. The van der Waals surface area contributed by atoms with Crippen LogP contribution in [0.5, 0.6) is 0 Å². The molecule has 0 aromatic heterocycles. The van der Waals surface area contributed by atoms with E-state index >= 15 is 0 Å². The Bertz CT molecular complexity index is 196. The summed E-state index contributed by atoms with van der Waals surface area (Å²) >= 11 is 0. The minimum atomic E-state index is -3.33. The van der Waals surface area contributed by atoms with E-state index in [1.165, 1.54) is 0 Å². The molecule has 1 atom stereocenters. The minimum absolute atomic E-state index is 0.145. The van der Waals surface area contributed by atoms with Crippen molar-refractivity contribution in [2.75, 3.05) is 19.4 Å². The molecule has 0 aromatic carbocycles. The fourth-order valence-electron chi connectivity index (χ4n) is 0.537. The third-order valence-electron chi connectivity index (χ3n) is 0.929. The predicted molar refractivity (Wildman–Crippen MR) is 39.0 cm³/mol. The largest absolute Gasteiger partial charge is 0.320 e. The number of hydrogen-bond acceptors (Lipinski definition) is 2. The molecule has 0 fully saturated rings. The smallest absolute Gasteiger partial charge is 0.278 e. The lowest BCUT2D eigenvalue weighted by Gasteiger charge is -2.07. The summed E-state index contributed by atoms with van der Waals surface area (Å²) in [4.78, 5) is 0. The molecule has 0 saturated heterocycles. The van der Waals surface area contributed by atoms with Crippen molar-refractivity contribution in [1.82, 2.24) is 0 Å². The molecule has 0 N–H and O–H groups in total. The third kappa shape index (κ3) is 4.13. The molecule has 0 spiro atoms. The predicted octanol–water partition coefficient (Wildman–Crippen LogP) is 2.16. The van der Waals surface area contributed by atoms with Crippen molar-refractivity contribution in [2.24, 2.45) is 0 Å². The van der Waals surface area contributed by atoms with Gasteiger partial charge < -0.3 is 4.52 Å². The average Bonchev–Trinajstić information content (AvgIpc) is 1.88. The zero-order valence-electron chi connectivity index (χ0n) is 6.14. The van der Waals surface area contributed by atoms with Crippen LogP contribution in [0.25, 0.3) is 0 Å². The van der Waals surface area contributed by atoms with Crippen LogP contribution in [0, 0.1) is 11.8 Å². The van der Waals surface area contributed by atoms with E-state index in [0.717, 1.165) is 6.17 Å². The van der Waals surface area contributed by atoms with E-state index in [-0.39, 0.29) is 12.8 Å². The summed E-state index contributed by atoms with van der Waals surface area (Å²) in [5.74, 6) is 0. The minimum Gasteiger partial charge on any atom is -0.320 e. The monoisotopic (exact) mass is 182 g/mol. The lowest BCUT2D eigenvalue weighted by Crippen LogP contribution is -1.94. The van der Waals surface area contributed by atoms with Gasteiger partial charge in [-0.2, -0.15) is 0 Å². The van der Waals surface area contributed by atoms with E-state index in [9.17, 15) is 13.3 Å². The zero-order valence-corrected chi connectivity index (χ0v) is 7.04. The van der Waals surface area contributed by atoms with E-state index in [2.05, 4.69) is 4.52 Å². The molecular weight excluding hydrogens is 173 g/mol. The highest BCUT2D eigenvalue weighted by molar-refractivity contribution is 7.64. The van der Waals surface area contributed by atoms with Crippen LogP contribution in [0.3, 0.4) is 0 Å². The normalized spacial score (nSPS) is 14.8. The molecule has 0 aliphatic carbocycles. The van der Waals surface area contributed by atoms with E-state index in [0.29, 0.717) is 0 Å². The highest BCUT2D eigenvalue weighted by atomic mass is 31.2. The van der Waals surface area contributed by atoms with Crippen LogP contribution in [0.1, 0.15) is 6.92 Å². The van der Waals surface area contributed by atoms with Crippen molar-refractivity contribution in [1.29, 1.82) is 0 Å². The molecule has 0 aliphatic rings. The first-order chi connectivity index (χ1) is 5.18. The topological polar surface area (TPSA) is 26.3 Å². The Morgan fingerprint density at radius 1 is 1.64 bits per heavy atom. The zero-order chi connectivity index (χ0) is 8.74. The van der Waals surface area contributed by atoms with Gasteiger partial charge in [-0.15, -0.1) is 4.39 Å². The number of rotatable bonds is 4. The molecule has 1 unspecified atom stereocenters. The van der Waals surface area contributed by atoms with Crippen LogP contribution in [0.4, 0.5) is 8.78 Å². The second-order valence-electron chi connectivity index (χ2n) is 1.71. The SMILES string of the molecule is CCOP(=O)(C#CF)CCF. The molecule has 64 valence electrons. The summed E-state index contributed by atoms with van der Waals surface area (Å²) in [5.41, 5.74) is 1.74. The molecular formula is C6H9F2O2P. The molecule has 0 saturated carbocycles. The Labute approximate surface area is 64.4 Å². The Kier molecular flexibility index (Phi) is 5.10. The molecule has 0 bridgehead atoms. The van der Waals surface area contributed by atoms with E-state index < -0.39 is 14.0 Å². The molecule has 0 rings (SSSR count). The van der Waals surface area contributed by atoms with Gasteiger partial charge in [-0.3, -0.25) is 8.96 Å². The van der Waals surface area contributed by atoms with Crippen molar-refractivity contribution in [3.63, 3.8) is 0 Å². The molecule has 2 nitrogen and oxygen atoms in total. The summed E-state index contributed by atoms with van der Waals surface area (Å²) in [5, 5.41) is 0. The second kappa shape index (κ2) is 5.29. The molecule has 0 heterocycles. The van der Waals surface area contributed by atoms with Gasteiger partial charge in [0.25, 0.3) is 7.37 Å². The average molecular weight is 182 g/mol. The Morgan fingerprint density at radius 3 is 2.64 bits per heavy atom. The summed E-state index contributed by atoms with van der Waals surface area (Å²) in [7, 11) is -3.33. The van der Waals surface area contributed by atoms with Gasteiger partial charge in [-0.25, -0.2) is 0 Å². The molecule has 11 heavy (non-hydrogen) atoms. The highest BCUT2D eigenvalue weighted by Gasteiger charge is 2.18. The van der Waals surface area contributed by atoms with E-state index in [4.69, 9.17) is 0 Å². The van der Waals surface area contributed by atoms with Crippen LogP contribution < -0.4 is 0 Å². The van der Waals surface area contributed by atoms with Crippen LogP contribution in [-0.2, 0) is 9.09 Å². The van der Waals surface area contributed by atoms with Crippen molar-refractivity contribution in [3.8, 4) is 11.8 Å². The maximum atomic E-state index is 11.7. The summed E-state index contributed by atoms with van der Waals surface area (Å²) in [6.07, 6.45) is 0.638. The maximum Gasteiger partial charge on any atom is 0.278 e. The second-order valence-corrected chi connectivity index (χ2v) is 3.99. The molecule has 5 heteroatoms. The quantitative estimate of drug-likeness (QED) is 0.491. The highest BCUT2D eigenvalue weighted by Crippen LogP contribution is 2.45. The summed E-state index contributed by atoms with van der Waals surface area (Å²) in [6.45, 7) is 0.919. The van der Waals surface area contributed by atoms with Crippen molar-refractivity contribution in [2.45, 2.75) is 6.92 Å². The first kappa shape index (κ1) is 10.6. The van der Waals surface area contributed by atoms with Crippen LogP contribution in [-0.4, -0.2) is 19.4 Å². The van der Waals surface area contributed by atoms with E-state index in [1.54, 1.807) is 12.6 Å². The lowest BCUT2D eigenvalue weighted by atomic mass is 10.9. The molecule has 0 amide bonds. The number of halogens is 2. The van der Waals surface area contributed by atoms with Gasteiger partial charge in [-0.1, -0.05) is 0 Å². The first-order valence-corrected chi connectivity index (χ1v) is 4.92. The van der Waals surface area contributed by atoms with Gasteiger partial charge in [-0.05, 0) is 6.92 Å². The number of hydrogen-bond donors (Lipinski definition) is 0. The molecule has 0 aliphatic heterocycles. The van der Waals surface area contributed by atoms with Gasteiger partial charge in [0.1, 0.15) is 6.17 Å². The standard InChI is InChI=1S/C6H9F2O2P/c1-2-10-11(9,5-3-7)6-4-8/h2-3,5H2,1H3. The van der Waals surface area contributed by atoms with Gasteiger partial charge in [0.2, 0.25) is 0 Å². The van der Waals surface area contributed by atoms with Crippen LogP contribution in [0.15, 0.2) is 0 Å². The Morgan fingerprint density at radius 2 is 2.27 bits per heavy atom. The van der Waals surface area contributed by atoms with Gasteiger partial charge in [0.05, 0.1) is 19.4 Å². The van der Waals surface area contributed by atoms with Crippen LogP contribution in [0.2, 0.25) is 0 Å². The van der Waals surface area contributed by atoms with Gasteiger partial charge in [0, 0.05) is 5.66 Å².